The molecule has 0 radical (unpaired) electrons. The summed E-state index contributed by atoms with van der Waals surface area (Å²) in [6.07, 6.45) is 2.01. The Morgan fingerprint density at radius 2 is 1.85 bits per heavy atom. The average molecular weight is 482 g/mol. The summed E-state index contributed by atoms with van der Waals surface area (Å²) in [6, 6.07) is 15.9. The molecule has 2 heterocycles. The highest BCUT2D eigenvalue weighted by Crippen LogP contribution is 2.32. The molecule has 9 heteroatoms. The van der Waals surface area contributed by atoms with E-state index in [-0.39, 0.29) is 29.5 Å². The Labute approximate surface area is 198 Å². The Morgan fingerprint density at radius 3 is 2.61 bits per heavy atom. The number of hydrogen-bond acceptors (Lipinski definition) is 6. The Morgan fingerprint density at radius 1 is 1.12 bits per heavy atom. The molecule has 0 spiro atoms. The predicted octanol–water partition coefficient (Wildman–Crippen LogP) is 4.65. The van der Waals surface area contributed by atoms with Crippen LogP contribution in [0.5, 0.6) is 0 Å². The van der Waals surface area contributed by atoms with Gasteiger partial charge in [-0.05, 0) is 36.4 Å². The number of aromatic nitrogens is 1. The van der Waals surface area contributed by atoms with Crippen molar-refractivity contribution in [3.63, 3.8) is 0 Å². The van der Waals surface area contributed by atoms with Gasteiger partial charge in [-0.1, -0.05) is 48.5 Å². The minimum Gasteiger partial charge on any atom is -0.349 e. The minimum absolute atomic E-state index is 0.0275. The van der Waals surface area contributed by atoms with Crippen LogP contribution in [-0.2, 0) is 11.2 Å². The molecule has 0 atom stereocenters. The van der Waals surface area contributed by atoms with Crippen molar-refractivity contribution >= 4 is 46.2 Å². The Bertz CT molecular complexity index is 1240. The molecule has 0 saturated carbocycles. The molecule has 0 unspecified atom stereocenters. The van der Waals surface area contributed by atoms with E-state index in [0.717, 1.165) is 27.2 Å². The number of amides is 3. The van der Waals surface area contributed by atoms with Crippen molar-refractivity contribution in [3.8, 4) is 0 Å². The van der Waals surface area contributed by atoms with E-state index < -0.39 is 17.0 Å². The lowest BCUT2D eigenvalue weighted by Gasteiger charge is -2.12. The van der Waals surface area contributed by atoms with Crippen LogP contribution in [0.3, 0.4) is 0 Å². The second-order valence-electron chi connectivity index (χ2n) is 7.30. The van der Waals surface area contributed by atoms with Gasteiger partial charge in [-0.3, -0.25) is 19.3 Å². The highest BCUT2D eigenvalue weighted by Gasteiger charge is 2.34. The molecule has 4 rings (SSSR count). The van der Waals surface area contributed by atoms with Crippen molar-refractivity contribution < 1.29 is 18.8 Å². The summed E-state index contributed by atoms with van der Waals surface area (Å²) in [7, 11) is 0. The quantitative estimate of drug-likeness (QED) is 0.497. The Balaban J connectivity index is 1.35. The molecule has 6 nitrogen and oxygen atoms in total. The monoisotopic (exact) mass is 481 g/mol. The number of carbonyl (C=O) groups is 3. The maximum absolute atomic E-state index is 13.9. The maximum Gasteiger partial charge on any atom is 0.293 e. The zero-order valence-corrected chi connectivity index (χ0v) is 19.3. The number of hydrogen-bond donors (Lipinski definition) is 1. The molecular weight excluding hydrogens is 461 g/mol. The van der Waals surface area contributed by atoms with Crippen LogP contribution in [0.2, 0.25) is 0 Å². The molecule has 33 heavy (non-hydrogen) atoms. The number of aryl methyl sites for hydroxylation is 1. The molecule has 3 aromatic rings. The van der Waals surface area contributed by atoms with Gasteiger partial charge >= 0.3 is 0 Å². The highest BCUT2D eigenvalue weighted by atomic mass is 32.2. The molecule has 1 saturated heterocycles. The van der Waals surface area contributed by atoms with Crippen LogP contribution in [0, 0.1) is 12.7 Å². The number of imide groups is 1. The third kappa shape index (κ3) is 5.37. The van der Waals surface area contributed by atoms with E-state index >= 15 is 0 Å². The molecule has 1 aliphatic rings. The van der Waals surface area contributed by atoms with Gasteiger partial charge in [0.05, 0.1) is 15.6 Å². The van der Waals surface area contributed by atoms with Crippen LogP contribution in [0.25, 0.3) is 6.08 Å². The zero-order valence-electron chi connectivity index (χ0n) is 17.7. The van der Waals surface area contributed by atoms with Crippen molar-refractivity contribution in [1.29, 1.82) is 0 Å². The van der Waals surface area contributed by atoms with Gasteiger partial charge < -0.3 is 5.32 Å². The van der Waals surface area contributed by atoms with Gasteiger partial charge in [-0.2, -0.15) is 0 Å². The number of halogens is 1. The van der Waals surface area contributed by atoms with Crippen LogP contribution >= 0.6 is 23.1 Å². The molecule has 3 amide bonds. The zero-order chi connectivity index (χ0) is 23.4. The van der Waals surface area contributed by atoms with Crippen molar-refractivity contribution in [3.05, 3.63) is 92.0 Å². The van der Waals surface area contributed by atoms with Crippen molar-refractivity contribution in [2.75, 3.05) is 13.1 Å². The van der Waals surface area contributed by atoms with Crippen LogP contribution in [0.15, 0.2) is 59.5 Å². The van der Waals surface area contributed by atoms with E-state index in [1.807, 2.05) is 30.3 Å². The van der Waals surface area contributed by atoms with Crippen molar-refractivity contribution in [2.45, 2.75) is 13.3 Å². The second kappa shape index (κ2) is 10.1. The molecule has 168 valence electrons. The van der Waals surface area contributed by atoms with Crippen LogP contribution in [0.1, 0.15) is 31.5 Å². The number of rotatable bonds is 7. The van der Waals surface area contributed by atoms with Gasteiger partial charge in [0, 0.05) is 25.1 Å². The number of thioether (sulfide) groups is 1. The lowest BCUT2D eigenvalue weighted by Crippen LogP contribution is -2.37. The molecule has 1 N–H and O–H groups in total. The van der Waals surface area contributed by atoms with E-state index in [1.54, 1.807) is 19.1 Å². The van der Waals surface area contributed by atoms with Crippen LogP contribution in [0.4, 0.5) is 9.18 Å². The maximum atomic E-state index is 13.9. The number of benzene rings is 2. The summed E-state index contributed by atoms with van der Waals surface area (Å²) in [4.78, 5) is 43.7. The molecule has 0 bridgehead atoms. The average Bonchev–Trinajstić information content (AvgIpc) is 3.29. The Hall–Kier alpha value is -3.30. The third-order valence-corrected chi connectivity index (χ3v) is 7.00. The van der Waals surface area contributed by atoms with Gasteiger partial charge in [-0.15, -0.1) is 11.3 Å². The van der Waals surface area contributed by atoms with Gasteiger partial charge in [0.25, 0.3) is 17.1 Å². The topological polar surface area (TPSA) is 79.4 Å². The summed E-state index contributed by atoms with van der Waals surface area (Å²) >= 11 is 2.09. The predicted molar refractivity (Wildman–Crippen MR) is 128 cm³/mol. The number of nitrogens with zero attached hydrogens (tertiary/aromatic N) is 2. The SMILES string of the molecule is Cc1nc(Cc2ccccc2)sc1C(=O)NCCN1C(=O)S/C(=C\c2ccccc2F)C1=O. The summed E-state index contributed by atoms with van der Waals surface area (Å²) in [5.41, 5.74) is 1.99. The molecular formula is C24H20FN3O3S2. The summed E-state index contributed by atoms with van der Waals surface area (Å²) in [5.74, 6) is -1.26. The number of carbonyl (C=O) groups excluding carboxylic acids is 3. The van der Waals surface area contributed by atoms with E-state index in [2.05, 4.69) is 10.3 Å². The van der Waals surface area contributed by atoms with Gasteiger partial charge in [0.15, 0.2) is 0 Å². The van der Waals surface area contributed by atoms with E-state index in [4.69, 9.17) is 0 Å². The molecule has 2 aromatic carbocycles. The van der Waals surface area contributed by atoms with Gasteiger partial charge in [0.2, 0.25) is 0 Å². The first-order chi connectivity index (χ1) is 15.9. The van der Waals surface area contributed by atoms with E-state index in [9.17, 15) is 18.8 Å². The standard InChI is InChI=1S/C24H20FN3O3S2/c1-15-21(33-20(27-15)13-16-7-3-2-4-8-16)22(29)26-11-12-28-23(30)19(32-24(28)31)14-17-9-5-6-10-18(17)25/h2-10,14H,11-13H2,1H3,(H,26,29)/b19-14-. The second-order valence-corrected chi connectivity index (χ2v) is 9.37. The normalized spacial score (nSPS) is 14.8. The lowest BCUT2D eigenvalue weighted by atomic mass is 10.2. The molecule has 1 fully saturated rings. The fourth-order valence-corrected chi connectivity index (χ4v) is 5.17. The van der Waals surface area contributed by atoms with Crippen LogP contribution in [-0.4, -0.2) is 40.0 Å². The van der Waals surface area contributed by atoms with Gasteiger partial charge in [-0.25, -0.2) is 9.37 Å². The minimum atomic E-state index is -0.498. The first-order valence-electron chi connectivity index (χ1n) is 10.2. The molecule has 1 aliphatic heterocycles. The summed E-state index contributed by atoms with van der Waals surface area (Å²) in [6.45, 7) is 1.92. The van der Waals surface area contributed by atoms with Gasteiger partial charge in [0.1, 0.15) is 10.7 Å². The fourth-order valence-electron chi connectivity index (χ4n) is 3.30. The van der Waals surface area contributed by atoms with E-state index in [1.165, 1.54) is 29.5 Å². The molecule has 0 aliphatic carbocycles. The third-order valence-electron chi connectivity index (χ3n) is 4.93. The summed E-state index contributed by atoms with van der Waals surface area (Å²) < 4.78 is 13.9. The molecule has 1 aromatic heterocycles. The first-order valence-corrected chi connectivity index (χ1v) is 11.8. The van der Waals surface area contributed by atoms with Crippen molar-refractivity contribution in [1.82, 2.24) is 15.2 Å². The number of nitrogens with one attached hydrogen (secondary N) is 1. The first kappa shape index (κ1) is 22.9. The fraction of sp³-hybridized carbons (Fsp3) is 0.167. The smallest absolute Gasteiger partial charge is 0.293 e. The number of thiazole rings is 1. The highest BCUT2D eigenvalue weighted by molar-refractivity contribution is 8.18. The lowest BCUT2D eigenvalue weighted by molar-refractivity contribution is -0.122. The largest absolute Gasteiger partial charge is 0.349 e. The Kier molecular flexibility index (Phi) is 7.00. The van der Waals surface area contributed by atoms with Crippen molar-refractivity contribution in [2.24, 2.45) is 0 Å². The van der Waals surface area contributed by atoms with E-state index in [0.29, 0.717) is 17.0 Å². The van der Waals surface area contributed by atoms with Crippen LogP contribution < -0.4 is 5.32 Å². The summed E-state index contributed by atoms with van der Waals surface area (Å²) in [5, 5.41) is 3.15.